The average Bonchev–Trinajstić information content (AvgIpc) is 2.60. The first kappa shape index (κ1) is 17.2. The first-order valence-electron chi connectivity index (χ1n) is 7.70. The monoisotopic (exact) mass is 407 g/mol. The van der Waals surface area contributed by atoms with Gasteiger partial charge in [0.2, 0.25) is 5.91 Å². The molecule has 2 aromatic carbocycles. The van der Waals surface area contributed by atoms with E-state index in [-0.39, 0.29) is 11.9 Å². The number of rotatable bonds is 5. The molecule has 1 heterocycles. The van der Waals surface area contributed by atoms with E-state index in [2.05, 4.69) is 21.2 Å². The predicted octanol–water partition coefficient (Wildman–Crippen LogP) is 4.19. The predicted molar refractivity (Wildman–Crippen MR) is 98.9 cm³/mol. The zero-order valence-electron chi connectivity index (χ0n) is 13.3. The highest BCUT2D eigenvalue weighted by Gasteiger charge is 2.14. The SMILES string of the molecule is CC(NC(=O)CSc1ccc2c(c1)OCCO2)c1ccccc1Br. The summed E-state index contributed by atoms with van der Waals surface area (Å²) in [5.41, 5.74) is 1.06. The van der Waals surface area contributed by atoms with Crippen LogP contribution in [-0.4, -0.2) is 24.9 Å². The van der Waals surface area contributed by atoms with Crippen molar-refractivity contribution >= 4 is 33.6 Å². The highest BCUT2D eigenvalue weighted by molar-refractivity contribution is 9.10. The van der Waals surface area contributed by atoms with Crippen LogP contribution < -0.4 is 14.8 Å². The summed E-state index contributed by atoms with van der Waals surface area (Å²) in [5, 5.41) is 3.02. The van der Waals surface area contributed by atoms with Crippen molar-refractivity contribution in [1.82, 2.24) is 5.32 Å². The van der Waals surface area contributed by atoms with Gasteiger partial charge >= 0.3 is 0 Å². The molecule has 0 spiro atoms. The third-order valence-electron chi connectivity index (χ3n) is 3.63. The summed E-state index contributed by atoms with van der Waals surface area (Å²) in [6.45, 7) is 3.12. The van der Waals surface area contributed by atoms with Crippen molar-refractivity contribution in [2.24, 2.45) is 0 Å². The number of fused-ring (bicyclic) bond motifs is 1. The van der Waals surface area contributed by atoms with Crippen LogP contribution in [-0.2, 0) is 4.79 Å². The first-order valence-corrected chi connectivity index (χ1v) is 9.47. The van der Waals surface area contributed by atoms with E-state index >= 15 is 0 Å². The van der Waals surface area contributed by atoms with Gasteiger partial charge in [-0.25, -0.2) is 0 Å². The van der Waals surface area contributed by atoms with Crippen molar-refractivity contribution in [3.8, 4) is 11.5 Å². The van der Waals surface area contributed by atoms with Crippen LogP contribution in [0.1, 0.15) is 18.5 Å². The van der Waals surface area contributed by atoms with Crippen molar-refractivity contribution in [2.45, 2.75) is 17.9 Å². The summed E-state index contributed by atoms with van der Waals surface area (Å²) in [4.78, 5) is 13.2. The number of hydrogen-bond acceptors (Lipinski definition) is 4. The Morgan fingerprint density at radius 3 is 2.75 bits per heavy atom. The minimum atomic E-state index is -0.0473. The number of hydrogen-bond donors (Lipinski definition) is 1. The van der Waals surface area contributed by atoms with Gasteiger partial charge in [0.05, 0.1) is 11.8 Å². The molecule has 24 heavy (non-hydrogen) atoms. The minimum Gasteiger partial charge on any atom is -0.486 e. The summed E-state index contributed by atoms with van der Waals surface area (Å²) in [5.74, 6) is 1.86. The molecule has 1 N–H and O–H groups in total. The van der Waals surface area contributed by atoms with E-state index < -0.39 is 0 Å². The molecule has 6 heteroatoms. The van der Waals surface area contributed by atoms with Gasteiger partial charge in [-0.1, -0.05) is 34.1 Å². The van der Waals surface area contributed by atoms with Crippen LogP contribution in [0.3, 0.4) is 0 Å². The average molecular weight is 408 g/mol. The normalized spacial score (nSPS) is 14.1. The van der Waals surface area contributed by atoms with Gasteiger partial charge in [-0.05, 0) is 36.8 Å². The number of thioether (sulfide) groups is 1. The van der Waals surface area contributed by atoms with Crippen LogP contribution in [0, 0.1) is 0 Å². The number of ether oxygens (including phenoxy) is 2. The molecule has 3 rings (SSSR count). The van der Waals surface area contributed by atoms with Gasteiger partial charge in [-0.15, -0.1) is 11.8 Å². The second kappa shape index (κ2) is 7.94. The zero-order chi connectivity index (χ0) is 16.9. The van der Waals surface area contributed by atoms with Gasteiger partial charge in [0.25, 0.3) is 0 Å². The number of halogens is 1. The van der Waals surface area contributed by atoms with Crippen molar-refractivity contribution in [2.75, 3.05) is 19.0 Å². The lowest BCUT2D eigenvalue weighted by Gasteiger charge is -2.19. The van der Waals surface area contributed by atoms with Crippen LogP contribution in [0.25, 0.3) is 0 Å². The molecule has 2 aromatic rings. The molecule has 1 aliphatic rings. The lowest BCUT2D eigenvalue weighted by molar-refractivity contribution is -0.119. The van der Waals surface area contributed by atoms with Crippen LogP contribution in [0.4, 0.5) is 0 Å². The summed E-state index contributed by atoms with van der Waals surface area (Å²) in [7, 11) is 0. The molecule has 1 aliphatic heterocycles. The molecule has 0 aliphatic carbocycles. The van der Waals surface area contributed by atoms with Crippen LogP contribution in [0.5, 0.6) is 11.5 Å². The number of amides is 1. The summed E-state index contributed by atoms with van der Waals surface area (Å²) >= 11 is 5.00. The third kappa shape index (κ3) is 4.24. The zero-order valence-corrected chi connectivity index (χ0v) is 15.7. The fourth-order valence-electron chi connectivity index (χ4n) is 2.45. The lowest BCUT2D eigenvalue weighted by Crippen LogP contribution is -2.28. The second-order valence-corrected chi connectivity index (χ2v) is 7.31. The first-order chi connectivity index (χ1) is 11.6. The quantitative estimate of drug-likeness (QED) is 0.754. The molecule has 0 aromatic heterocycles. The molecule has 1 atom stereocenters. The summed E-state index contributed by atoms with van der Waals surface area (Å²) in [6.07, 6.45) is 0. The van der Waals surface area contributed by atoms with Gasteiger partial charge in [0.1, 0.15) is 13.2 Å². The van der Waals surface area contributed by atoms with Crippen molar-refractivity contribution < 1.29 is 14.3 Å². The number of benzene rings is 2. The topological polar surface area (TPSA) is 47.6 Å². The molecule has 1 unspecified atom stereocenters. The van der Waals surface area contributed by atoms with E-state index in [0.717, 1.165) is 26.4 Å². The fourth-order valence-corrected chi connectivity index (χ4v) is 3.81. The van der Waals surface area contributed by atoms with Gasteiger partial charge in [0, 0.05) is 9.37 Å². The van der Waals surface area contributed by atoms with E-state index in [1.165, 1.54) is 11.8 Å². The summed E-state index contributed by atoms with van der Waals surface area (Å²) in [6, 6.07) is 13.6. The van der Waals surface area contributed by atoms with Crippen molar-refractivity contribution in [1.29, 1.82) is 0 Å². The molecule has 0 fully saturated rings. The van der Waals surface area contributed by atoms with E-state index in [9.17, 15) is 4.79 Å². The Bertz CT molecular complexity index is 738. The van der Waals surface area contributed by atoms with E-state index in [1.807, 2.05) is 49.4 Å². The maximum absolute atomic E-state index is 12.2. The standard InChI is InChI=1S/C18H18BrNO3S/c1-12(14-4-2-3-5-15(14)19)20-18(21)11-24-13-6-7-16-17(10-13)23-9-8-22-16/h2-7,10,12H,8-9,11H2,1H3,(H,20,21). The van der Waals surface area contributed by atoms with E-state index in [0.29, 0.717) is 19.0 Å². The maximum atomic E-state index is 12.2. The molecule has 0 saturated heterocycles. The molecule has 0 saturated carbocycles. The lowest BCUT2D eigenvalue weighted by atomic mass is 10.1. The Hall–Kier alpha value is -1.66. The number of nitrogens with one attached hydrogen (secondary N) is 1. The minimum absolute atomic E-state index is 0.00172. The Balaban J connectivity index is 1.55. The van der Waals surface area contributed by atoms with Crippen molar-refractivity contribution in [3.05, 3.63) is 52.5 Å². The highest BCUT2D eigenvalue weighted by Crippen LogP contribution is 2.34. The number of carbonyl (C=O) groups excluding carboxylic acids is 1. The molecule has 4 nitrogen and oxygen atoms in total. The number of carbonyl (C=O) groups is 1. The summed E-state index contributed by atoms with van der Waals surface area (Å²) < 4.78 is 12.1. The Labute approximate surface area is 154 Å². The molecule has 1 amide bonds. The molecular formula is C18H18BrNO3S. The third-order valence-corrected chi connectivity index (χ3v) is 5.35. The van der Waals surface area contributed by atoms with E-state index in [1.54, 1.807) is 0 Å². The molecular weight excluding hydrogens is 390 g/mol. The second-order valence-electron chi connectivity index (χ2n) is 5.40. The smallest absolute Gasteiger partial charge is 0.230 e. The van der Waals surface area contributed by atoms with Gasteiger partial charge in [-0.3, -0.25) is 4.79 Å². The van der Waals surface area contributed by atoms with Crippen LogP contribution >= 0.6 is 27.7 Å². The van der Waals surface area contributed by atoms with Gasteiger partial charge < -0.3 is 14.8 Å². The molecule has 0 bridgehead atoms. The fraction of sp³-hybridized carbons (Fsp3) is 0.278. The van der Waals surface area contributed by atoms with Gasteiger partial charge in [0.15, 0.2) is 11.5 Å². The maximum Gasteiger partial charge on any atom is 0.230 e. The highest BCUT2D eigenvalue weighted by atomic mass is 79.9. The Morgan fingerprint density at radius 1 is 1.21 bits per heavy atom. The van der Waals surface area contributed by atoms with Crippen molar-refractivity contribution in [3.63, 3.8) is 0 Å². The molecule has 126 valence electrons. The Kier molecular flexibility index (Phi) is 5.68. The molecule has 0 radical (unpaired) electrons. The van der Waals surface area contributed by atoms with Crippen LogP contribution in [0.2, 0.25) is 0 Å². The Morgan fingerprint density at radius 2 is 1.96 bits per heavy atom. The van der Waals surface area contributed by atoms with Gasteiger partial charge in [-0.2, -0.15) is 0 Å². The van der Waals surface area contributed by atoms with Crippen LogP contribution in [0.15, 0.2) is 51.8 Å². The van der Waals surface area contributed by atoms with E-state index in [4.69, 9.17) is 9.47 Å². The largest absolute Gasteiger partial charge is 0.486 e.